The zero-order valence-electron chi connectivity index (χ0n) is 13.1. The van der Waals surface area contributed by atoms with Gasteiger partial charge in [-0.3, -0.25) is 9.05 Å². The molecule has 7 nitrogen and oxygen atoms in total. The van der Waals surface area contributed by atoms with Crippen molar-refractivity contribution in [2.45, 2.75) is 89.0 Å². The van der Waals surface area contributed by atoms with E-state index in [9.17, 15) is 19.7 Å². The molecule has 2 rings (SSSR count). The summed E-state index contributed by atoms with van der Waals surface area (Å²) in [5.41, 5.74) is 0. The standard InChI is InChI=1S/C14H27O7P/c1-3-4-12-14(13(16)9(2)19-12)21-22(17,18)20-11-7-5-10(15)6-8-11/h9-16H,3-8H2,1-2H3,(H,17,18)/t9-,10?,11?,12+,13-,14+/m0/s1. The first-order chi connectivity index (χ1) is 10.3. The first-order valence-electron chi connectivity index (χ1n) is 8.03. The normalized spacial score (nSPS) is 42.2. The lowest BCUT2D eigenvalue weighted by Gasteiger charge is -2.29. The fraction of sp³-hybridized carbons (Fsp3) is 1.00. The molecule has 1 saturated heterocycles. The van der Waals surface area contributed by atoms with Crippen LogP contribution in [0, 0.1) is 0 Å². The molecule has 0 aromatic heterocycles. The molecular formula is C14H27O7P. The SMILES string of the molecule is CCC[C@H]1O[C@@H](C)[C@H](O)[C@@H]1OP(=O)(O)OC1CCC(O)CC1. The fourth-order valence-corrected chi connectivity index (χ4v) is 4.29. The summed E-state index contributed by atoms with van der Waals surface area (Å²) in [6.45, 7) is 3.68. The van der Waals surface area contributed by atoms with E-state index in [1.54, 1.807) is 6.92 Å². The predicted octanol–water partition coefficient (Wildman–Crippen LogP) is 1.74. The maximum Gasteiger partial charge on any atom is 0.472 e. The van der Waals surface area contributed by atoms with Gasteiger partial charge in [0.05, 0.1) is 24.4 Å². The highest BCUT2D eigenvalue weighted by Gasteiger charge is 2.46. The minimum absolute atomic E-state index is 0.362. The van der Waals surface area contributed by atoms with Gasteiger partial charge in [0.25, 0.3) is 0 Å². The molecule has 0 bridgehead atoms. The van der Waals surface area contributed by atoms with Crippen molar-refractivity contribution in [3.63, 3.8) is 0 Å². The largest absolute Gasteiger partial charge is 0.472 e. The third-order valence-electron chi connectivity index (χ3n) is 4.33. The van der Waals surface area contributed by atoms with Crippen LogP contribution in [0.15, 0.2) is 0 Å². The zero-order valence-corrected chi connectivity index (χ0v) is 14.0. The molecule has 0 amide bonds. The summed E-state index contributed by atoms with van der Waals surface area (Å²) in [5.74, 6) is 0. The highest BCUT2D eigenvalue weighted by atomic mass is 31.2. The number of phosphoric ester groups is 1. The Bertz CT molecular complexity index is 397. The van der Waals surface area contributed by atoms with Gasteiger partial charge in [0.2, 0.25) is 0 Å². The van der Waals surface area contributed by atoms with Crippen LogP contribution >= 0.6 is 7.82 Å². The Morgan fingerprint density at radius 3 is 2.41 bits per heavy atom. The maximum atomic E-state index is 12.2. The molecule has 8 heteroatoms. The van der Waals surface area contributed by atoms with Crippen LogP contribution in [0.5, 0.6) is 0 Å². The van der Waals surface area contributed by atoms with E-state index in [0.29, 0.717) is 32.1 Å². The molecule has 1 aliphatic carbocycles. The number of ether oxygens (including phenoxy) is 1. The molecule has 2 fully saturated rings. The number of hydrogen-bond donors (Lipinski definition) is 3. The first kappa shape index (κ1) is 18.3. The lowest BCUT2D eigenvalue weighted by molar-refractivity contribution is -0.0109. The molecule has 1 heterocycles. The molecule has 22 heavy (non-hydrogen) atoms. The van der Waals surface area contributed by atoms with Crippen LogP contribution in [0.2, 0.25) is 0 Å². The number of hydrogen-bond acceptors (Lipinski definition) is 6. The molecule has 0 spiro atoms. The smallest absolute Gasteiger partial charge is 0.393 e. The van der Waals surface area contributed by atoms with Crippen molar-refractivity contribution >= 4 is 7.82 Å². The zero-order chi connectivity index (χ0) is 16.3. The van der Waals surface area contributed by atoms with Gasteiger partial charge in [0.1, 0.15) is 12.2 Å². The number of phosphoric acid groups is 1. The van der Waals surface area contributed by atoms with Gasteiger partial charge in [0, 0.05) is 0 Å². The van der Waals surface area contributed by atoms with Crippen LogP contribution in [0.3, 0.4) is 0 Å². The predicted molar refractivity (Wildman–Crippen MR) is 79.3 cm³/mol. The second-order valence-electron chi connectivity index (χ2n) is 6.23. The highest BCUT2D eigenvalue weighted by molar-refractivity contribution is 7.47. The molecule has 1 unspecified atom stereocenters. The molecule has 0 aromatic carbocycles. The van der Waals surface area contributed by atoms with Gasteiger partial charge < -0.3 is 19.8 Å². The topological polar surface area (TPSA) is 105 Å². The summed E-state index contributed by atoms with van der Waals surface area (Å²) < 4.78 is 28.2. The van der Waals surface area contributed by atoms with Crippen molar-refractivity contribution in [3.8, 4) is 0 Å². The van der Waals surface area contributed by atoms with Gasteiger partial charge >= 0.3 is 7.82 Å². The van der Waals surface area contributed by atoms with E-state index < -0.39 is 38.3 Å². The van der Waals surface area contributed by atoms with Crippen molar-refractivity contribution < 1.29 is 33.5 Å². The van der Waals surface area contributed by atoms with Gasteiger partial charge in [-0.1, -0.05) is 13.3 Å². The summed E-state index contributed by atoms with van der Waals surface area (Å²) in [7, 11) is -4.28. The van der Waals surface area contributed by atoms with Crippen LogP contribution in [-0.2, 0) is 18.3 Å². The number of aliphatic hydroxyl groups excluding tert-OH is 2. The van der Waals surface area contributed by atoms with Crippen LogP contribution in [0.25, 0.3) is 0 Å². The minimum Gasteiger partial charge on any atom is -0.393 e. The fourth-order valence-electron chi connectivity index (χ4n) is 3.09. The molecule has 5 atom stereocenters. The lowest BCUT2D eigenvalue weighted by Crippen LogP contribution is -2.34. The summed E-state index contributed by atoms with van der Waals surface area (Å²) in [6.07, 6.45) is 0.182. The van der Waals surface area contributed by atoms with Crippen molar-refractivity contribution in [1.82, 2.24) is 0 Å². The molecule has 1 saturated carbocycles. The molecule has 130 valence electrons. The molecule has 0 aromatic rings. The summed E-state index contributed by atoms with van der Waals surface area (Å²) in [4.78, 5) is 9.97. The second kappa shape index (κ2) is 7.71. The summed E-state index contributed by atoms with van der Waals surface area (Å²) in [6, 6.07) is 0. The molecule has 3 N–H and O–H groups in total. The Kier molecular flexibility index (Phi) is 6.42. The first-order valence-corrected chi connectivity index (χ1v) is 9.53. The Balaban J connectivity index is 1.93. The minimum atomic E-state index is -4.28. The van der Waals surface area contributed by atoms with Crippen molar-refractivity contribution in [2.75, 3.05) is 0 Å². The third kappa shape index (κ3) is 4.74. The molecule has 1 aliphatic heterocycles. The van der Waals surface area contributed by atoms with E-state index >= 15 is 0 Å². The van der Waals surface area contributed by atoms with Crippen LogP contribution in [0.1, 0.15) is 52.4 Å². The highest BCUT2D eigenvalue weighted by Crippen LogP contribution is 2.50. The van der Waals surface area contributed by atoms with Gasteiger partial charge in [-0.05, 0) is 39.0 Å². The molecule has 2 aliphatic rings. The van der Waals surface area contributed by atoms with Crippen LogP contribution < -0.4 is 0 Å². The van der Waals surface area contributed by atoms with E-state index in [-0.39, 0.29) is 6.10 Å². The van der Waals surface area contributed by atoms with Gasteiger partial charge in [-0.25, -0.2) is 4.57 Å². The van der Waals surface area contributed by atoms with Gasteiger partial charge in [0.15, 0.2) is 0 Å². The van der Waals surface area contributed by atoms with E-state index in [1.165, 1.54) is 0 Å². The average Bonchev–Trinajstić information content (AvgIpc) is 2.69. The van der Waals surface area contributed by atoms with E-state index in [0.717, 1.165) is 6.42 Å². The Labute approximate surface area is 131 Å². The van der Waals surface area contributed by atoms with Crippen LogP contribution in [-0.4, -0.2) is 51.7 Å². The quantitative estimate of drug-likeness (QED) is 0.634. The number of aliphatic hydroxyl groups is 2. The molecular weight excluding hydrogens is 311 g/mol. The van der Waals surface area contributed by atoms with E-state index in [4.69, 9.17) is 13.8 Å². The van der Waals surface area contributed by atoms with Gasteiger partial charge in [-0.2, -0.15) is 0 Å². The summed E-state index contributed by atoms with van der Waals surface area (Å²) in [5, 5.41) is 19.5. The van der Waals surface area contributed by atoms with Gasteiger partial charge in [-0.15, -0.1) is 0 Å². The third-order valence-corrected chi connectivity index (χ3v) is 5.40. The van der Waals surface area contributed by atoms with Crippen LogP contribution in [0.4, 0.5) is 0 Å². The van der Waals surface area contributed by atoms with Crippen molar-refractivity contribution in [1.29, 1.82) is 0 Å². The molecule has 0 radical (unpaired) electrons. The second-order valence-corrected chi connectivity index (χ2v) is 7.59. The van der Waals surface area contributed by atoms with Crippen molar-refractivity contribution in [2.24, 2.45) is 0 Å². The number of rotatable bonds is 6. The Hall–Kier alpha value is -0.0100. The maximum absolute atomic E-state index is 12.2. The van der Waals surface area contributed by atoms with Crippen molar-refractivity contribution in [3.05, 3.63) is 0 Å². The Morgan fingerprint density at radius 1 is 1.18 bits per heavy atom. The monoisotopic (exact) mass is 338 g/mol. The lowest BCUT2D eigenvalue weighted by atomic mass is 9.95. The van der Waals surface area contributed by atoms with E-state index in [2.05, 4.69) is 0 Å². The average molecular weight is 338 g/mol. The Morgan fingerprint density at radius 2 is 1.82 bits per heavy atom. The summed E-state index contributed by atoms with van der Waals surface area (Å²) >= 11 is 0. The van der Waals surface area contributed by atoms with E-state index in [1.807, 2.05) is 6.92 Å².